The molecule has 0 saturated heterocycles. The van der Waals surface area contributed by atoms with E-state index in [1.54, 1.807) is 30.3 Å². The predicted molar refractivity (Wildman–Crippen MR) is 84.4 cm³/mol. The molecular formula is C16H8Cl3F. The lowest BCUT2D eigenvalue weighted by atomic mass is 10.00. The number of halogens is 4. The second kappa shape index (κ2) is 5.25. The van der Waals surface area contributed by atoms with Crippen LogP contribution in [-0.4, -0.2) is 0 Å². The molecule has 3 aromatic carbocycles. The fourth-order valence-electron chi connectivity index (χ4n) is 2.20. The number of hydrogen-bond donors (Lipinski definition) is 0. The van der Waals surface area contributed by atoms with Gasteiger partial charge in [-0.05, 0) is 17.5 Å². The van der Waals surface area contributed by atoms with Gasteiger partial charge < -0.3 is 0 Å². The third-order valence-electron chi connectivity index (χ3n) is 3.18. The van der Waals surface area contributed by atoms with Crippen LogP contribution in [0.2, 0.25) is 15.1 Å². The maximum absolute atomic E-state index is 14.7. The van der Waals surface area contributed by atoms with Crippen LogP contribution >= 0.6 is 34.8 Å². The van der Waals surface area contributed by atoms with Gasteiger partial charge in [0.2, 0.25) is 0 Å². The van der Waals surface area contributed by atoms with E-state index in [-0.39, 0.29) is 10.8 Å². The lowest BCUT2D eigenvalue weighted by Crippen LogP contribution is -1.89. The van der Waals surface area contributed by atoms with Gasteiger partial charge in [-0.25, -0.2) is 4.39 Å². The molecule has 0 aromatic heterocycles. The van der Waals surface area contributed by atoms with Crippen molar-refractivity contribution in [2.45, 2.75) is 0 Å². The quantitative estimate of drug-likeness (QED) is 0.442. The van der Waals surface area contributed by atoms with Crippen molar-refractivity contribution in [1.82, 2.24) is 0 Å². The molecule has 0 aliphatic heterocycles. The minimum absolute atomic E-state index is 0.258. The first-order valence-electron chi connectivity index (χ1n) is 5.90. The van der Waals surface area contributed by atoms with E-state index in [1.807, 2.05) is 18.2 Å². The van der Waals surface area contributed by atoms with Crippen molar-refractivity contribution in [3.05, 3.63) is 69.4 Å². The van der Waals surface area contributed by atoms with E-state index in [9.17, 15) is 4.39 Å². The Morgan fingerprint density at radius 2 is 1.45 bits per heavy atom. The minimum Gasteiger partial charge on any atom is -0.206 e. The number of hydrogen-bond acceptors (Lipinski definition) is 0. The van der Waals surface area contributed by atoms with Gasteiger partial charge in [0.15, 0.2) is 0 Å². The summed E-state index contributed by atoms with van der Waals surface area (Å²) in [6.45, 7) is 0. The van der Waals surface area contributed by atoms with Crippen LogP contribution in [0.25, 0.3) is 21.9 Å². The van der Waals surface area contributed by atoms with Gasteiger partial charge in [-0.1, -0.05) is 71.2 Å². The maximum Gasteiger partial charge on any atom is 0.138 e. The van der Waals surface area contributed by atoms with E-state index < -0.39 is 0 Å². The van der Waals surface area contributed by atoms with Crippen LogP contribution in [0, 0.1) is 5.82 Å². The molecular weight excluding hydrogens is 318 g/mol. The Balaban J connectivity index is 2.36. The number of rotatable bonds is 1. The highest BCUT2D eigenvalue weighted by Gasteiger charge is 2.16. The smallest absolute Gasteiger partial charge is 0.138 e. The topological polar surface area (TPSA) is 0 Å². The molecule has 0 aliphatic rings. The summed E-state index contributed by atoms with van der Waals surface area (Å²) in [5.74, 6) is -0.353. The van der Waals surface area contributed by atoms with Gasteiger partial charge in [-0.15, -0.1) is 0 Å². The first-order chi connectivity index (χ1) is 9.59. The first kappa shape index (κ1) is 13.7. The van der Waals surface area contributed by atoms with E-state index in [2.05, 4.69) is 0 Å². The largest absolute Gasteiger partial charge is 0.206 e. The summed E-state index contributed by atoms with van der Waals surface area (Å²) in [7, 11) is 0. The van der Waals surface area contributed by atoms with Gasteiger partial charge >= 0.3 is 0 Å². The Morgan fingerprint density at radius 3 is 2.25 bits per heavy atom. The second-order valence-corrected chi connectivity index (χ2v) is 5.56. The summed E-state index contributed by atoms with van der Waals surface area (Å²) in [6.07, 6.45) is 0. The van der Waals surface area contributed by atoms with Gasteiger partial charge in [0.25, 0.3) is 0 Å². The molecule has 0 nitrogen and oxygen atoms in total. The van der Waals surface area contributed by atoms with Crippen molar-refractivity contribution in [2.24, 2.45) is 0 Å². The van der Waals surface area contributed by atoms with E-state index in [0.29, 0.717) is 26.6 Å². The Hall–Kier alpha value is -1.28. The third kappa shape index (κ3) is 2.16. The molecule has 0 radical (unpaired) electrons. The predicted octanol–water partition coefficient (Wildman–Crippen LogP) is 6.61. The number of benzene rings is 3. The maximum atomic E-state index is 14.7. The van der Waals surface area contributed by atoms with E-state index in [4.69, 9.17) is 34.8 Å². The Bertz CT molecular complexity index is 812. The van der Waals surface area contributed by atoms with Crippen molar-refractivity contribution in [3.63, 3.8) is 0 Å². The van der Waals surface area contributed by atoms with Crippen molar-refractivity contribution < 1.29 is 4.39 Å². The SMILES string of the molecule is Fc1c(-c2c(Cl)ccc(Cl)c2Cl)ccc2ccccc12. The molecule has 0 amide bonds. The molecule has 20 heavy (non-hydrogen) atoms. The summed E-state index contributed by atoms with van der Waals surface area (Å²) in [4.78, 5) is 0. The fourth-order valence-corrected chi connectivity index (χ4v) is 2.93. The molecule has 0 N–H and O–H groups in total. The van der Waals surface area contributed by atoms with E-state index >= 15 is 0 Å². The van der Waals surface area contributed by atoms with E-state index in [1.165, 1.54) is 0 Å². The van der Waals surface area contributed by atoms with Crippen LogP contribution in [0.3, 0.4) is 0 Å². The number of fused-ring (bicyclic) bond motifs is 1. The Labute approximate surface area is 130 Å². The van der Waals surface area contributed by atoms with Gasteiger partial charge in [0.05, 0.1) is 15.1 Å². The third-order valence-corrected chi connectivity index (χ3v) is 4.30. The van der Waals surface area contributed by atoms with Gasteiger partial charge in [-0.3, -0.25) is 0 Å². The summed E-state index contributed by atoms with van der Waals surface area (Å²) < 4.78 is 14.7. The zero-order chi connectivity index (χ0) is 14.3. The molecule has 0 unspecified atom stereocenters. The van der Waals surface area contributed by atoms with Gasteiger partial charge in [-0.2, -0.15) is 0 Å². The van der Waals surface area contributed by atoms with Crippen LogP contribution in [0.15, 0.2) is 48.5 Å². The molecule has 3 aromatic rings. The lowest BCUT2D eigenvalue weighted by Gasteiger charge is -2.11. The highest BCUT2D eigenvalue weighted by Crippen LogP contribution is 2.41. The molecule has 0 fully saturated rings. The summed E-state index contributed by atoms with van der Waals surface area (Å²) >= 11 is 18.3. The normalized spacial score (nSPS) is 11.0. The standard InChI is InChI=1S/C16H8Cl3F/c17-12-7-8-13(18)15(19)14(12)11-6-5-9-3-1-2-4-10(9)16(11)20/h1-8H. The highest BCUT2D eigenvalue weighted by atomic mass is 35.5. The molecule has 0 spiro atoms. The molecule has 3 rings (SSSR count). The average Bonchev–Trinajstić information content (AvgIpc) is 2.46. The van der Waals surface area contributed by atoms with Crippen LogP contribution in [0.5, 0.6) is 0 Å². The van der Waals surface area contributed by atoms with Crippen LogP contribution < -0.4 is 0 Å². The van der Waals surface area contributed by atoms with Crippen molar-refractivity contribution in [3.8, 4) is 11.1 Å². The van der Waals surface area contributed by atoms with Gasteiger partial charge in [0.1, 0.15) is 5.82 Å². The average molecular weight is 326 g/mol. The van der Waals surface area contributed by atoms with Crippen LogP contribution in [-0.2, 0) is 0 Å². The molecule has 100 valence electrons. The van der Waals surface area contributed by atoms with Crippen LogP contribution in [0.4, 0.5) is 4.39 Å². The van der Waals surface area contributed by atoms with Crippen molar-refractivity contribution in [2.75, 3.05) is 0 Å². The molecule has 0 bridgehead atoms. The van der Waals surface area contributed by atoms with Crippen molar-refractivity contribution in [1.29, 1.82) is 0 Å². The fraction of sp³-hybridized carbons (Fsp3) is 0. The minimum atomic E-state index is -0.353. The molecule has 0 atom stereocenters. The Morgan fingerprint density at radius 1 is 0.750 bits per heavy atom. The highest BCUT2D eigenvalue weighted by molar-refractivity contribution is 6.46. The molecule has 4 heteroatoms. The summed E-state index contributed by atoms with van der Waals surface area (Å²) in [5, 5.41) is 2.32. The van der Waals surface area contributed by atoms with E-state index in [0.717, 1.165) is 5.39 Å². The zero-order valence-electron chi connectivity index (χ0n) is 10.1. The summed E-state index contributed by atoms with van der Waals surface area (Å²) in [5.41, 5.74) is 0.769. The monoisotopic (exact) mass is 324 g/mol. The first-order valence-corrected chi connectivity index (χ1v) is 7.04. The van der Waals surface area contributed by atoms with Gasteiger partial charge in [0, 0.05) is 16.5 Å². The molecule has 0 saturated carbocycles. The summed E-state index contributed by atoms with van der Waals surface area (Å²) in [6, 6.07) is 13.9. The Kier molecular flexibility index (Phi) is 3.59. The molecule has 0 aliphatic carbocycles. The zero-order valence-corrected chi connectivity index (χ0v) is 12.4. The van der Waals surface area contributed by atoms with Crippen LogP contribution in [0.1, 0.15) is 0 Å². The van der Waals surface area contributed by atoms with Crippen molar-refractivity contribution >= 4 is 45.6 Å². The lowest BCUT2D eigenvalue weighted by molar-refractivity contribution is 0.643. The second-order valence-electron chi connectivity index (χ2n) is 4.37. The molecule has 0 heterocycles.